The molecule has 0 aliphatic heterocycles. The van der Waals surface area contributed by atoms with E-state index in [1.165, 1.54) is 6.92 Å². The summed E-state index contributed by atoms with van der Waals surface area (Å²) in [5.41, 5.74) is 0. The third-order valence-electron chi connectivity index (χ3n) is 3.12. The summed E-state index contributed by atoms with van der Waals surface area (Å²) < 4.78 is 32.6. The summed E-state index contributed by atoms with van der Waals surface area (Å²) in [6.45, 7) is 1.51. The van der Waals surface area contributed by atoms with Crippen molar-refractivity contribution < 1.29 is 18.3 Å². The van der Waals surface area contributed by atoms with Crippen molar-refractivity contribution in [1.29, 1.82) is 0 Å². The Morgan fingerprint density at radius 3 is 2.60 bits per heavy atom. The molecule has 1 aromatic carbocycles. The summed E-state index contributed by atoms with van der Waals surface area (Å²) in [6, 6.07) is 5.37. The molecule has 0 amide bonds. The van der Waals surface area contributed by atoms with Gasteiger partial charge >= 0.3 is 0 Å². The molecule has 110 valence electrons. The maximum absolute atomic E-state index is 13.1. The first kappa shape index (κ1) is 15.8. The highest BCUT2D eigenvalue weighted by Gasteiger charge is 2.35. The number of benzene rings is 1. The number of rotatable bonds is 3. The predicted molar refractivity (Wildman–Crippen MR) is 78.5 cm³/mol. The fourth-order valence-electron chi connectivity index (χ4n) is 2.12. The normalized spacial score (nSPS) is 18.8. The SMILES string of the molecule is CC(=O)Sc1ccc(OC2CCC(F)(F)CC2)c(Br)c1. The van der Waals surface area contributed by atoms with Crippen LogP contribution in [0.4, 0.5) is 8.78 Å². The van der Waals surface area contributed by atoms with Gasteiger partial charge in [-0.25, -0.2) is 8.78 Å². The molecule has 0 atom stereocenters. The van der Waals surface area contributed by atoms with Gasteiger partial charge in [-0.2, -0.15) is 0 Å². The zero-order valence-electron chi connectivity index (χ0n) is 11.0. The molecule has 0 radical (unpaired) electrons. The number of ether oxygens (including phenoxy) is 1. The van der Waals surface area contributed by atoms with Crippen LogP contribution in [0.1, 0.15) is 32.6 Å². The van der Waals surface area contributed by atoms with Crippen molar-refractivity contribution in [2.45, 2.75) is 49.5 Å². The second-order valence-corrected chi connectivity index (χ2v) is 6.96. The van der Waals surface area contributed by atoms with Crippen molar-refractivity contribution in [3.8, 4) is 5.75 Å². The third kappa shape index (κ3) is 4.45. The number of hydrogen-bond donors (Lipinski definition) is 0. The molecule has 1 aliphatic rings. The van der Waals surface area contributed by atoms with Crippen LogP contribution in [0.5, 0.6) is 5.75 Å². The fourth-order valence-corrected chi connectivity index (χ4v) is 3.39. The van der Waals surface area contributed by atoms with Crippen LogP contribution in [0.15, 0.2) is 27.6 Å². The predicted octanol–water partition coefficient (Wildman–Crippen LogP) is 5.04. The van der Waals surface area contributed by atoms with Crippen LogP contribution >= 0.6 is 27.7 Å². The quantitative estimate of drug-likeness (QED) is 0.702. The molecule has 1 fully saturated rings. The summed E-state index contributed by atoms with van der Waals surface area (Å²) >= 11 is 4.53. The van der Waals surface area contributed by atoms with Gasteiger partial charge in [-0.3, -0.25) is 4.79 Å². The lowest BCUT2D eigenvalue weighted by molar-refractivity contribution is -0.109. The standard InChI is InChI=1S/C14H15BrF2O2S/c1-9(18)20-11-2-3-13(12(15)8-11)19-10-4-6-14(16,17)7-5-10/h2-3,8,10H,4-7H2,1H3. The minimum absolute atomic E-state index is 0.0140. The van der Waals surface area contributed by atoms with Crippen molar-refractivity contribution in [2.75, 3.05) is 0 Å². The summed E-state index contributed by atoms with van der Waals surface area (Å²) in [5.74, 6) is -1.91. The maximum Gasteiger partial charge on any atom is 0.248 e. The third-order valence-corrected chi connectivity index (χ3v) is 4.52. The first-order valence-electron chi connectivity index (χ1n) is 6.38. The minimum atomic E-state index is -2.54. The molecule has 0 spiro atoms. The Labute approximate surface area is 129 Å². The molecule has 1 aliphatic carbocycles. The smallest absolute Gasteiger partial charge is 0.248 e. The Balaban J connectivity index is 1.98. The second-order valence-electron chi connectivity index (χ2n) is 4.86. The van der Waals surface area contributed by atoms with E-state index < -0.39 is 5.92 Å². The van der Waals surface area contributed by atoms with Crippen molar-refractivity contribution in [3.05, 3.63) is 22.7 Å². The van der Waals surface area contributed by atoms with E-state index in [-0.39, 0.29) is 24.1 Å². The van der Waals surface area contributed by atoms with E-state index in [9.17, 15) is 13.6 Å². The molecule has 0 unspecified atom stereocenters. The van der Waals surface area contributed by atoms with Crippen LogP contribution in [0.2, 0.25) is 0 Å². The number of hydrogen-bond acceptors (Lipinski definition) is 3. The van der Waals surface area contributed by atoms with Gasteiger partial charge in [-0.05, 0) is 47.0 Å². The van der Waals surface area contributed by atoms with Crippen LogP contribution in [-0.2, 0) is 4.79 Å². The van der Waals surface area contributed by atoms with E-state index in [0.717, 1.165) is 21.1 Å². The zero-order chi connectivity index (χ0) is 14.8. The van der Waals surface area contributed by atoms with Crippen molar-refractivity contribution in [3.63, 3.8) is 0 Å². The number of thioether (sulfide) groups is 1. The fraction of sp³-hybridized carbons (Fsp3) is 0.500. The monoisotopic (exact) mass is 364 g/mol. The molecule has 0 heterocycles. The number of halogens is 3. The Kier molecular flexibility index (Phi) is 5.07. The average molecular weight is 365 g/mol. The summed E-state index contributed by atoms with van der Waals surface area (Å²) in [6.07, 6.45) is 0.325. The van der Waals surface area contributed by atoms with E-state index >= 15 is 0 Å². The lowest BCUT2D eigenvalue weighted by Gasteiger charge is -2.29. The van der Waals surface area contributed by atoms with E-state index in [0.29, 0.717) is 18.6 Å². The summed E-state index contributed by atoms with van der Waals surface area (Å²) in [4.78, 5) is 11.9. The zero-order valence-corrected chi connectivity index (χ0v) is 13.4. The lowest BCUT2D eigenvalue weighted by Crippen LogP contribution is -2.30. The van der Waals surface area contributed by atoms with Crippen LogP contribution in [-0.4, -0.2) is 17.1 Å². The molecule has 0 bridgehead atoms. The van der Waals surface area contributed by atoms with Gasteiger partial charge in [0, 0.05) is 24.7 Å². The van der Waals surface area contributed by atoms with Crippen LogP contribution in [0, 0.1) is 0 Å². The molecule has 2 nitrogen and oxygen atoms in total. The summed E-state index contributed by atoms with van der Waals surface area (Å²) in [7, 11) is 0. The Morgan fingerprint density at radius 2 is 2.05 bits per heavy atom. The van der Waals surface area contributed by atoms with Gasteiger partial charge in [-0.15, -0.1) is 0 Å². The first-order chi connectivity index (χ1) is 9.35. The topological polar surface area (TPSA) is 26.3 Å². The maximum atomic E-state index is 13.1. The van der Waals surface area contributed by atoms with Crippen LogP contribution in [0.3, 0.4) is 0 Å². The highest BCUT2D eigenvalue weighted by Crippen LogP contribution is 2.37. The van der Waals surface area contributed by atoms with Gasteiger partial charge in [0.15, 0.2) is 5.12 Å². The highest BCUT2D eigenvalue weighted by molar-refractivity contribution is 9.10. The number of alkyl halides is 2. The average Bonchev–Trinajstić information content (AvgIpc) is 2.34. The highest BCUT2D eigenvalue weighted by atomic mass is 79.9. The number of carbonyl (C=O) groups excluding carboxylic acids is 1. The first-order valence-corrected chi connectivity index (χ1v) is 7.99. The summed E-state index contributed by atoms with van der Waals surface area (Å²) in [5, 5.41) is 0.0140. The van der Waals surface area contributed by atoms with Gasteiger partial charge in [0.1, 0.15) is 5.75 Å². The van der Waals surface area contributed by atoms with Crippen molar-refractivity contribution in [2.24, 2.45) is 0 Å². The van der Waals surface area contributed by atoms with Gasteiger partial charge in [0.25, 0.3) is 0 Å². The van der Waals surface area contributed by atoms with Crippen molar-refractivity contribution in [1.82, 2.24) is 0 Å². The van der Waals surface area contributed by atoms with Crippen LogP contribution in [0.25, 0.3) is 0 Å². The Morgan fingerprint density at radius 1 is 1.40 bits per heavy atom. The lowest BCUT2D eigenvalue weighted by atomic mass is 9.94. The molecular weight excluding hydrogens is 350 g/mol. The molecule has 6 heteroatoms. The molecule has 0 aromatic heterocycles. The number of carbonyl (C=O) groups is 1. The Hall–Kier alpha value is -0.620. The van der Waals surface area contributed by atoms with Gasteiger partial charge in [-0.1, -0.05) is 11.8 Å². The molecule has 0 N–H and O–H groups in total. The molecule has 2 rings (SSSR count). The van der Waals surface area contributed by atoms with E-state index in [2.05, 4.69) is 15.9 Å². The molecule has 0 saturated heterocycles. The van der Waals surface area contributed by atoms with E-state index in [1.54, 1.807) is 18.2 Å². The minimum Gasteiger partial charge on any atom is -0.489 e. The Bertz CT molecular complexity index is 498. The van der Waals surface area contributed by atoms with E-state index in [4.69, 9.17) is 4.74 Å². The molecule has 1 saturated carbocycles. The largest absolute Gasteiger partial charge is 0.489 e. The van der Waals surface area contributed by atoms with Gasteiger partial charge in [0.2, 0.25) is 5.92 Å². The second kappa shape index (κ2) is 6.43. The molecular formula is C14H15BrF2O2S. The van der Waals surface area contributed by atoms with E-state index in [1.807, 2.05) is 0 Å². The van der Waals surface area contributed by atoms with Crippen LogP contribution < -0.4 is 4.74 Å². The van der Waals surface area contributed by atoms with Gasteiger partial charge in [0.05, 0.1) is 10.6 Å². The molecule has 20 heavy (non-hydrogen) atoms. The van der Waals surface area contributed by atoms with Gasteiger partial charge < -0.3 is 4.74 Å². The van der Waals surface area contributed by atoms with Crippen molar-refractivity contribution >= 4 is 32.8 Å². The molecule has 1 aromatic rings.